The van der Waals surface area contributed by atoms with Crippen LogP contribution in [0.1, 0.15) is 17.9 Å². The molecule has 0 spiro atoms. The highest BCUT2D eigenvalue weighted by Gasteiger charge is 2.24. The van der Waals surface area contributed by atoms with Gasteiger partial charge >= 0.3 is 0 Å². The Morgan fingerprint density at radius 1 is 1.40 bits per heavy atom. The van der Waals surface area contributed by atoms with Gasteiger partial charge in [-0.1, -0.05) is 0 Å². The summed E-state index contributed by atoms with van der Waals surface area (Å²) in [5, 5.41) is 12.3. The molecule has 2 nitrogen and oxygen atoms in total. The Kier molecular flexibility index (Phi) is 2.93. The average Bonchev–Trinajstić information content (AvgIpc) is 2.73. The monoisotopic (exact) mass is 277 g/mol. The number of hydrogen-bond donors (Lipinski definition) is 2. The fourth-order valence-electron chi connectivity index (χ4n) is 1.82. The van der Waals surface area contributed by atoms with E-state index in [0.29, 0.717) is 12.1 Å². The minimum absolute atomic E-state index is 0.0172. The van der Waals surface area contributed by atoms with Crippen LogP contribution in [0.5, 0.6) is 5.75 Å². The highest BCUT2D eigenvalue weighted by molar-refractivity contribution is 9.10. The quantitative estimate of drug-likeness (QED) is 0.774. The Bertz CT molecular complexity index is 391. The molecular weight excluding hydrogens is 268 g/mol. The predicted octanol–water partition coefficient (Wildman–Crippen LogP) is 2.51. The van der Waals surface area contributed by atoms with Crippen molar-refractivity contribution in [2.75, 3.05) is 13.1 Å². The fraction of sp³-hybridized carbons (Fsp3) is 0.400. The second-order valence-corrected chi connectivity index (χ2v) is 4.47. The van der Waals surface area contributed by atoms with Crippen LogP contribution in [0.2, 0.25) is 0 Å². The molecule has 1 aliphatic heterocycles. The van der Waals surface area contributed by atoms with Gasteiger partial charge < -0.3 is 10.4 Å². The third-order valence-electron chi connectivity index (χ3n) is 2.66. The summed E-state index contributed by atoms with van der Waals surface area (Å²) in [7, 11) is 0. The van der Waals surface area contributed by atoms with Gasteiger partial charge in [-0.3, -0.25) is 0 Å². The van der Waals surface area contributed by atoms with Gasteiger partial charge in [0.1, 0.15) is 0 Å². The van der Waals surface area contributed by atoms with Gasteiger partial charge in [0.25, 0.3) is 0 Å². The van der Waals surface area contributed by atoms with E-state index >= 15 is 0 Å². The van der Waals surface area contributed by atoms with E-state index in [-0.39, 0.29) is 10.4 Å². The van der Waals surface area contributed by atoms with Crippen molar-refractivity contribution in [3.8, 4) is 5.75 Å². The average molecular weight is 278 g/mol. The van der Waals surface area contributed by atoms with Crippen molar-refractivity contribution in [1.29, 1.82) is 0 Å². The molecule has 15 heavy (non-hydrogen) atoms. The van der Waals surface area contributed by atoms with Gasteiger partial charge in [0.2, 0.25) is 5.82 Å². The normalized spacial score (nSPS) is 20.9. The molecule has 1 aromatic carbocycles. The van der Waals surface area contributed by atoms with Crippen LogP contribution in [0.4, 0.5) is 8.78 Å². The van der Waals surface area contributed by atoms with E-state index in [4.69, 9.17) is 0 Å². The molecule has 1 fully saturated rings. The zero-order valence-electron chi connectivity index (χ0n) is 7.86. The first kappa shape index (κ1) is 10.8. The van der Waals surface area contributed by atoms with Crippen LogP contribution in [0.15, 0.2) is 10.5 Å². The van der Waals surface area contributed by atoms with Crippen molar-refractivity contribution in [3.63, 3.8) is 0 Å². The molecule has 1 atom stereocenters. The van der Waals surface area contributed by atoms with E-state index < -0.39 is 17.4 Å². The number of benzene rings is 1. The number of aromatic hydroxyl groups is 1. The first-order valence-electron chi connectivity index (χ1n) is 4.68. The fourth-order valence-corrected chi connectivity index (χ4v) is 2.24. The Labute approximate surface area is 94.4 Å². The third-order valence-corrected chi connectivity index (χ3v) is 3.27. The molecule has 0 amide bonds. The van der Waals surface area contributed by atoms with Crippen molar-refractivity contribution in [2.45, 2.75) is 12.3 Å². The van der Waals surface area contributed by atoms with Gasteiger partial charge in [0, 0.05) is 12.5 Å². The molecule has 1 aromatic rings. The van der Waals surface area contributed by atoms with Crippen molar-refractivity contribution in [2.24, 2.45) is 0 Å². The van der Waals surface area contributed by atoms with E-state index in [1.54, 1.807) is 0 Å². The second kappa shape index (κ2) is 4.06. The van der Waals surface area contributed by atoms with Crippen LogP contribution in [0.25, 0.3) is 0 Å². The first-order valence-corrected chi connectivity index (χ1v) is 5.47. The lowest BCUT2D eigenvalue weighted by Crippen LogP contribution is -2.09. The molecule has 1 aliphatic rings. The van der Waals surface area contributed by atoms with E-state index in [1.165, 1.54) is 6.07 Å². The maximum absolute atomic E-state index is 13.5. The lowest BCUT2D eigenvalue weighted by atomic mass is 9.97. The van der Waals surface area contributed by atoms with Gasteiger partial charge in [-0.25, -0.2) is 4.39 Å². The molecule has 0 bridgehead atoms. The maximum atomic E-state index is 13.5. The van der Waals surface area contributed by atoms with Crippen LogP contribution in [0, 0.1) is 11.6 Å². The number of nitrogens with one attached hydrogen (secondary N) is 1. The number of halogens is 3. The van der Waals surface area contributed by atoms with Gasteiger partial charge in [0.15, 0.2) is 11.6 Å². The zero-order chi connectivity index (χ0) is 11.0. The predicted molar refractivity (Wildman–Crippen MR) is 56.0 cm³/mol. The highest BCUT2D eigenvalue weighted by atomic mass is 79.9. The lowest BCUT2D eigenvalue weighted by Gasteiger charge is -2.12. The Hall–Kier alpha value is -0.680. The van der Waals surface area contributed by atoms with E-state index in [0.717, 1.165) is 13.0 Å². The summed E-state index contributed by atoms with van der Waals surface area (Å²) < 4.78 is 26.9. The topological polar surface area (TPSA) is 32.3 Å². The summed E-state index contributed by atoms with van der Waals surface area (Å²) >= 11 is 3.00. The molecule has 1 saturated heterocycles. The Balaban J connectivity index is 2.47. The van der Waals surface area contributed by atoms with Crippen LogP contribution in [-0.4, -0.2) is 18.2 Å². The SMILES string of the molecule is Oc1c(Br)cc(C2CCNC2)c(F)c1F. The number of rotatable bonds is 1. The lowest BCUT2D eigenvalue weighted by molar-refractivity contribution is 0.399. The summed E-state index contributed by atoms with van der Waals surface area (Å²) in [6.45, 7) is 1.46. The molecule has 0 radical (unpaired) electrons. The summed E-state index contributed by atoms with van der Waals surface area (Å²) in [5.74, 6) is -2.80. The molecule has 82 valence electrons. The molecule has 5 heteroatoms. The van der Waals surface area contributed by atoms with Gasteiger partial charge in [-0.2, -0.15) is 4.39 Å². The van der Waals surface area contributed by atoms with Crippen molar-refractivity contribution in [3.05, 3.63) is 27.7 Å². The zero-order valence-corrected chi connectivity index (χ0v) is 9.44. The first-order chi connectivity index (χ1) is 7.11. The van der Waals surface area contributed by atoms with Crippen LogP contribution in [0.3, 0.4) is 0 Å². The van der Waals surface area contributed by atoms with E-state index in [9.17, 15) is 13.9 Å². The van der Waals surface area contributed by atoms with Crippen molar-refractivity contribution in [1.82, 2.24) is 5.32 Å². The van der Waals surface area contributed by atoms with Crippen LogP contribution in [-0.2, 0) is 0 Å². The molecule has 0 aliphatic carbocycles. The van der Waals surface area contributed by atoms with Gasteiger partial charge in [-0.15, -0.1) is 0 Å². The molecular formula is C10H10BrF2NO. The minimum Gasteiger partial charge on any atom is -0.504 e. The molecule has 0 saturated carbocycles. The standard InChI is InChI=1S/C10H10BrF2NO/c11-7-3-6(5-1-2-14-4-5)8(12)9(13)10(7)15/h3,5,14-15H,1-2,4H2. The molecule has 2 N–H and O–H groups in total. The molecule has 2 rings (SSSR count). The van der Waals surface area contributed by atoms with Gasteiger partial charge in [-0.05, 0) is 40.5 Å². The minimum atomic E-state index is -1.17. The number of phenols is 1. The van der Waals surface area contributed by atoms with Gasteiger partial charge in [0.05, 0.1) is 4.47 Å². The molecule has 0 aromatic heterocycles. The smallest absolute Gasteiger partial charge is 0.201 e. The number of phenolic OH excluding ortho intramolecular Hbond substituents is 1. The second-order valence-electron chi connectivity index (χ2n) is 3.61. The van der Waals surface area contributed by atoms with Crippen molar-refractivity contribution < 1.29 is 13.9 Å². The number of hydrogen-bond acceptors (Lipinski definition) is 2. The Morgan fingerprint density at radius 3 is 2.73 bits per heavy atom. The Morgan fingerprint density at radius 2 is 2.13 bits per heavy atom. The molecule has 1 unspecified atom stereocenters. The van der Waals surface area contributed by atoms with Crippen LogP contribution < -0.4 is 5.32 Å². The maximum Gasteiger partial charge on any atom is 0.201 e. The van der Waals surface area contributed by atoms with Crippen LogP contribution >= 0.6 is 15.9 Å². The largest absolute Gasteiger partial charge is 0.504 e. The summed E-state index contributed by atoms with van der Waals surface area (Å²) in [6, 6.07) is 1.45. The summed E-state index contributed by atoms with van der Waals surface area (Å²) in [5.41, 5.74) is 0.321. The third kappa shape index (κ3) is 1.86. The highest BCUT2D eigenvalue weighted by Crippen LogP contribution is 2.35. The van der Waals surface area contributed by atoms with Crippen molar-refractivity contribution >= 4 is 15.9 Å². The van der Waals surface area contributed by atoms with E-state index in [2.05, 4.69) is 21.2 Å². The molecule has 1 heterocycles. The summed E-state index contributed by atoms with van der Waals surface area (Å²) in [4.78, 5) is 0. The van der Waals surface area contributed by atoms with E-state index in [1.807, 2.05) is 0 Å². The summed E-state index contributed by atoms with van der Waals surface area (Å²) in [6.07, 6.45) is 0.785.